The van der Waals surface area contributed by atoms with Crippen LogP contribution in [0.5, 0.6) is 5.75 Å². The minimum Gasteiger partial charge on any atom is -0.495 e. The smallest absolute Gasteiger partial charge is 0.268 e. The maximum Gasteiger partial charge on any atom is 0.268 e. The van der Waals surface area contributed by atoms with Crippen LogP contribution >= 0.6 is 11.6 Å². The van der Waals surface area contributed by atoms with Crippen LogP contribution in [0.2, 0.25) is 5.02 Å². The number of methoxy groups -OCH3 is 1. The number of H-pyrrole nitrogens is 1. The van der Waals surface area contributed by atoms with Gasteiger partial charge in [-0.2, -0.15) is 5.10 Å². The zero-order chi connectivity index (χ0) is 15.4. The van der Waals surface area contributed by atoms with Crippen molar-refractivity contribution in [3.05, 3.63) is 45.2 Å². The van der Waals surface area contributed by atoms with Crippen LogP contribution in [0.3, 0.4) is 0 Å². The van der Waals surface area contributed by atoms with E-state index in [1.54, 1.807) is 25.3 Å². The van der Waals surface area contributed by atoms with Gasteiger partial charge in [0, 0.05) is 23.7 Å². The van der Waals surface area contributed by atoms with Crippen LogP contribution in [-0.4, -0.2) is 23.3 Å². The van der Waals surface area contributed by atoms with Gasteiger partial charge in [-0.15, -0.1) is 0 Å². The third-order valence-electron chi connectivity index (χ3n) is 3.03. The minimum absolute atomic E-state index is 0.188. The number of ether oxygens (including phenoxy) is 1. The molecule has 0 aliphatic rings. The van der Waals surface area contributed by atoms with Gasteiger partial charge in [0.05, 0.1) is 17.8 Å². The Balaban J connectivity index is 2.34. The third-order valence-corrected chi connectivity index (χ3v) is 3.32. The second-order valence-corrected chi connectivity index (χ2v) is 5.40. The van der Waals surface area contributed by atoms with Crippen LogP contribution in [0.25, 0.3) is 11.3 Å². The van der Waals surface area contributed by atoms with E-state index in [0.717, 1.165) is 5.56 Å². The Kier molecular flexibility index (Phi) is 4.98. The van der Waals surface area contributed by atoms with E-state index < -0.39 is 0 Å². The lowest BCUT2D eigenvalue weighted by molar-refractivity contribution is 0.415. The summed E-state index contributed by atoms with van der Waals surface area (Å²) in [6, 6.07) is 7.46. The number of hydrogen-bond donors (Lipinski definition) is 2. The van der Waals surface area contributed by atoms with Gasteiger partial charge in [-0.1, -0.05) is 25.4 Å². The number of nitrogens with zero attached hydrogens (tertiary/aromatic N) is 1. The van der Waals surface area contributed by atoms with Crippen LogP contribution in [0.1, 0.15) is 19.4 Å². The fourth-order valence-corrected chi connectivity index (χ4v) is 2.12. The highest BCUT2D eigenvalue weighted by Gasteiger charge is 2.08. The minimum atomic E-state index is -0.188. The first-order chi connectivity index (χ1) is 10.0. The highest BCUT2D eigenvalue weighted by Crippen LogP contribution is 2.29. The first-order valence-electron chi connectivity index (χ1n) is 6.67. The lowest BCUT2D eigenvalue weighted by Gasteiger charge is -2.09. The molecule has 21 heavy (non-hydrogen) atoms. The summed E-state index contributed by atoms with van der Waals surface area (Å²) < 4.78 is 5.12. The van der Waals surface area contributed by atoms with Crippen molar-refractivity contribution in [3.63, 3.8) is 0 Å². The first kappa shape index (κ1) is 15.5. The molecule has 0 aliphatic heterocycles. The van der Waals surface area contributed by atoms with Gasteiger partial charge in [0.1, 0.15) is 5.75 Å². The molecule has 5 nitrogen and oxygen atoms in total. The molecule has 0 spiro atoms. The molecule has 2 aromatic rings. The zero-order valence-electron chi connectivity index (χ0n) is 12.2. The van der Waals surface area contributed by atoms with Crippen molar-refractivity contribution in [2.75, 3.05) is 7.11 Å². The van der Waals surface area contributed by atoms with Crippen LogP contribution in [0.4, 0.5) is 0 Å². The summed E-state index contributed by atoms with van der Waals surface area (Å²) in [4.78, 5) is 11.8. The molecule has 2 rings (SSSR count). The number of nitrogens with one attached hydrogen (secondary N) is 2. The molecule has 112 valence electrons. The summed E-state index contributed by atoms with van der Waals surface area (Å²) in [5.41, 5.74) is 1.94. The van der Waals surface area contributed by atoms with Crippen molar-refractivity contribution in [1.82, 2.24) is 15.5 Å². The predicted octanol–water partition coefficient (Wildman–Crippen LogP) is 2.60. The van der Waals surface area contributed by atoms with Crippen LogP contribution in [0.15, 0.2) is 29.1 Å². The largest absolute Gasteiger partial charge is 0.495 e. The molecule has 0 saturated carbocycles. The Labute approximate surface area is 128 Å². The molecule has 2 N–H and O–H groups in total. The average Bonchev–Trinajstić information content (AvgIpc) is 2.46. The van der Waals surface area contributed by atoms with Crippen molar-refractivity contribution < 1.29 is 4.74 Å². The Morgan fingerprint density at radius 1 is 1.38 bits per heavy atom. The van der Waals surface area contributed by atoms with Gasteiger partial charge in [-0.05, 0) is 24.3 Å². The van der Waals surface area contributed by atoms with Crippen molar-refractivity contribution in [2.24, 2.45) is 0 Å². The van der Waals surface area contributed by atoms with E-state index in [9.17, 15) is 4.79 Å². The SMILES string of the molecule is COc1ccc(-c2cc(CNC(C)C)c(=O)[nH]n2)cc1Cl. The summed E-state index contributed by atoms with van der Waals surface area (Å²) in [7, 11) is 1.56. The molecule has 0 aliphatic carbocycles. The van der Waals surface area contributed by atoms with Crippen molar-refractivity contribution in [1.29, 1.82) is 0 Å². The topological polar surface area (TPSA) is 67.0 Å². The number of benzene rings is 1. The lowest BCUT2D eigenvalue weighted by Crippen LogP contribution is -2.26. The second-order valence-electron chi connectivity index (χ2n) is 4.99. The van der Waals surface area contributed by atoms with Crippen LogP contribution < -0.4 is 15.6 Å². The third kappa shape index (κ3) is 3.83. The normalized spacial score (nSPS) is 10.9. The Hall–Kier alpha value is -1.85. The predicted molar refractivity (Wildman–Crippen MR) is 83.8 cm³/mol. The first-order valence-corrected chi connectivity index (χ1v) is 7.05. The van der Waals surface area contributed by atoms with E-state index in [0.29, 0.717) is 34.6 Å². The fraction of sp³-hybridized carbons (Fsp3) is 0.333. The van der Waals surface area contributed by atoms with Gasteiger partial charge in [0.2, 0.25) is 0 Å². The van der Waals surface area contributed by atoms with E-state index in [4.69, 9.17) is 16.3 Å². The van der Waals surface area contributed by atoms with Crippen LogP contribution in [-0.2, 0) is 6.54 Å². The van der Waals surface area contributed by atoms with Crippen molar-refractivity contribution in [2.45, 2.75) is 26.4 Å². The van der Waals surface area contributed by atoms with Crippen molar-refractivity contribution in [3.8, 4) is 17.0 Å². The molecular weight excluding hydrogens is 290 g/mol. The standard InChI is InChI=1S/C15H18ClN3O2/c1-9(2)17-8-11-7-13(18-19-15(11)20)10-4-5-14(21-3)12(16)6-10/h4-7,9,17H,8H2,1-3H3,(H,19,20). The number of rotatable bonds is 5. The van der Waals surface area contributed by atoms with E-state index >= 15 is 0 Å². The summed E-state index contributed by atoms with van der Waals surface area (Å²) in [6.07, 6.45) is 0. The van der Waals surface area contributed by atoms with Crippen molar-refractivity contribution >= 4 is 11.6 Å². The van der Waals surface area contributed by atoms with E-state index in [-0.39, 0.29) is 5.56 Å². The molecule has 0 atom stereocenters. The molecule has 0 radical (unpaired) electrons. The second kappa shape index (κ2) is 6.74. The fourth-order valence-electron chi connectivity index (χ4n) is 1.86. The van der Waals surface area contributed by atoms with Gasteiger partial charge in [0.15, 0.2) is 0 Å². The highest BCUT2D eigenvalue weighted by atomic mass is 35.5. The zero-order valence-corrected chi connectivity index (χ0v) is 13.0. The Bertz CT molecular complexity index is 683. The Morgan fingerprint density at radius 3 is 2.76 bits per heavy atom. The highest BCUT2D eigenvalue weighted by molar-refractivity contribution is 6.32. The van der Waals surface area contributed by atoms with E-state index in [2.05, 4.69) is 15.5 Å². The molecule has 0 fully saturated rings. The number of aromatic nitrogens is 2. The summed E-state index contributed by atoms with van der Waals surface area (Å²) in [5.74, 6) is 0.603. The number of hydrogen-bond acceptors (Lipinski definition) is 4. The molecule has 1 heterocycles. The maximum absolute atomic E-state index is 11.8. The van der Waals surface area contributed by atoms with Gasteiger partial charge in [-0.3, -0.25) is 4.79 Å². The summed E-state index contributed by atoms with van der Waals surface area (Å²) in [6.45, 7) is 4.55. The molecule has 1 aromatic carbocycles. The average molecular weight is 308 g/mol. The van der Waals surface area contributed by atoms with E-state index in [1.165, 1.54) is 0 Å². The quantitative estimate of drug-likeness (QED) is 0.891. The molecular formula is C15H18ClN3O2. The molecule has 1 aromatic heterocycles. The molecule has 0 bridgehead atoms. The summed E-state index contributed by atoms with van der Waals surface area (Å²) in [5, 5.41) is 10.3. The van der Waals surface area contributed by atoms with Gasteiger partial charge in [-0.25, -0.2) is 5.10 Å². The molecule has 0 amide bonds. The number of aromatic amines is 1. The van der Waals surface area contributed by atoms with Gasteiger partial charge >= 0.3 is 0 Å². The monoisotopic (exact) mass is 307 g/mol. The number of halogens is 1. The molecule has 0 unspecified atom stereocenters. The summed E-state index contributed by atoms with van der Waals surface area (Å²) >= 11 is 6.12. The lowest BCUT2D eigenvalue weighted by atomic mass is 10.1. The Morgan fingerprint density at radius 2 is 2.14 bits per heavy atom. The molecule has 6 heteroatoms. The van der Waals surface area contributed by atoms with Gasteiger partial charge in [0.25, 0.3) is 5.56 Å². The maximum atomic E-state index is 11.8. The van der Waals surface area contributed by atoms with Gasteiger partial charge < -0.3 is 10.1 Å². The van der Waals surface area contributed by atoms with E-state index in [1.807, 2.05) is 19.9 Å². The molecule has 0 saturated heterocycles. The van der Waals surface area contributed by atoms with Crippen LogP contribution in [0, 0.1) is 0 Å².